The van der Waals surface area contributed by atoms with Crippen LogP contribution in [0.3, 0.4) is 0 Å². The quantitative estimate of drug-likeness (QED) is 0.880. The Balaban J connectivity index is 1.90. The van der Waals surface area contributed by atoms with E-state index in [0.29, 0.717) is 22.8 Å². The largest absolute Gasteiger partial charge is 0.269 e. The van der Waals surface area contributed by atoms with Crippen molar-refractivity contribution in [3.8, 4) is 0 Å². The number of carbonyl (C=O) groups excluding carboxylic acids is 2. The Hall–Kier alpha value is -2.50. The van der Waals surface area contributed by atoms with E-state index in [-0.39, 0.29) is 17.7 Å². The van der Waals surface area contributed by atoms with Gasteiger partial charge in [0.25, 0.3) is 11.8 Å². The zero-order valence-electron chi connectivity index (χ0n) is 12.8. The Morgan fingerprint density at radius 1 is 1.14 bits per heavy atom. The van der Waals surface area contributed by atoms with E-state index in [4.69, 9.17) is 0 Å². The Morgan fingerprint density at radius 2 is 1.73 bits per heavy atom. The van der Waals surface area contributed by atoms with Crippen molar-refractivity contribution in [2.45, 2.75) is 39.2 Å². The van der Waals surface area contributed by atoms with Crippen molar-refractivity contribution >= 4 is 11.8 Å². The number of nitrogens with zero attached hydrogens (tertiary/aromatic N) is 3. The van der Waals surface area contributed by atoms with Crippen molar-refractivity contribution < 1.29 is 9.59 Å². The van der Waals surface area contributed by atoms with E-state index in [9.17, 15) is 9.59 Å². The number of aromatic amines is 1. The fourth-order valence-corrected chi connectivity index (χ4v) is 2.56. The van der Waals surface area contributed by atoms with Crippen LogP contribution in [0.2, 0.25) is 0 Å². The summed E-state index contributed by atoms with van der Waals surface area (Å²) in [7, 11) is 0. The molecule has 1 aliphatic rings. The Kier molecular flexibility index (Phi) is 3.52. The van der Waals surface area contributed by atoms with Crippen molar-refractivity contribution in [1.82, 2.24) is 20.1 Å². The predicted molar refractivity (Wildman–Crippen MR) is 80.4 cm³/mol. The van der Waals surface area contributed by atoms with E-state index >= 15 is 0 Å². The SMILES string of the molecule is CC[C@H](C)c1n[nH]c([C@H](C)N2C(=O)c3ccccc3C2=O)n1. The molecule has 2 atom stereocenters. The second-order valence-corrected chi connectivity index (χ2v) is 5.59. The molecule has 1 N–H and O–H groups in total. The number of benzene rings is 1. The van der Waals surface area contributed by atoms with Gasteiger partial charge in [-0.05, 0) is 25.5 Å². The van der Waals surface area contributed by atoms with Crippen LogP contribution in [0.25, 0.3) is 0 Å². The molecule has 0 radical (unpaired) electrons. The molecule has 114 valence electrons. The van der Waals surface area contributed by atoms with Gasteiger partial charge in [-0.1, -0.05) is 26.0 Å². The summed E-state index contributed by atoms with van der Waals surface area (Å²) in [6, 6.07) is 6.39. The van der Waals surface area contributed by atoms with Crippen LogP contribution in [0.4, 0.5) is 0 Å². The first kappa shape index (κ1) is 14.4. The van der Waals surface area contributed by atoms with Gasteiger partial charge < -0.3 is 0 Å². The third-order valence-electron chi connectivity index (χ3n) is 4.18. The van der Waals surface area contributed by atoms with E-state index in [1.165, 1.54) is 4.90 Å². The maximum Gasteiger partial charge on any atom is 0.262 e. The fourth-order valence-electron chi connectivity index (χ4n) is 2.56. The number of aromatic nitrogens is 3. The molecule has 0 spiro atoms. The first-order valence-electron chi connectivity index (χ1n) is 7.43. The first-order chi connectivity index (χ1) is 10.5. The van der Waals surface area contributed by atoms with Crippen molar-refractivity contribution in [3.05, 3.63) is 47.0 Å². The lowest BCUT2D eigenvalue weighted by Crippen LogP contribution is -2.33. The molecule has 6 heteroatoms. The molecule has 2 amide bonds. The van der Waals surface area contributed by atoms with E-state index in [0.717, 1.165) is 6.42 Å². The molecule has 0 saturated carbocycles. The average molecular weight is 298 g/mol. The molecule has 1 aromatic carbocycles. The van der Waals surface area contributed by atoms with Gasteiger partial charge in [0, 0.05) is 5.92 Å². The van der Waals surface area contributed by atoms with Crippen LogP contribution in [0.5, 0.6) is 0 Å². The third-order valence-corrected chi connectivity index (χ3v) is 4.18. The minimum Gasteiger partial charge on any atom is -0.269 e. The maximum atomic E-state index is 12.5. The molecular formula is C16H18N4O2. The monoisotopic (exact) mass is 298 g/mol. The number of carbonyl (C=O) groups is 2. The van der Waals surface area contributed by atoms with Crippen LogP contribution in [-0.4, -0.2) is 31.9 Å². The van der Waals surface area contributed by atoms with E-state index in [1.54, 1.807) is 31.2 Å². The van der Waals surface area contributed by atoms with Crippen molar-refractivity contribution in [1.29, 1.82) is 0 Å². The number of amides is 2. The van der Waals surface area contributed by atoms with Crippen LogP contribution >= 0.6 is 0 Å². The Bertz CT molecular complexity index is 702. The Labute approximate surface area is 128 Å². The van der Waals surface area contributed by atoms with Gasteiger partial charge in [-0.25, -0.2) is 4.98 Å². The average Bonchev–Trinajstić information content (AvgIpc) is 3.12. The van der Waals surface area contributed by atoms with Crippen molar-refractivity contribution in [2.75, 3.05) is 0 Å². The Morgan fingerprint density at radius 3 is 2.27 bits per heavy atom. The summed E-state index contributed by atoms with van der Waals surface area (Å²) in [6.07, 6.45) is 0.929. The summed E-state index contributed by atoms with van der Waals surface area (Å²) >= 11 is 0. The van der Waals surface area contributed by atoms with Gasteiger partial charge >= 0.3 is 0 Å². The zero-order chi connectivity index (χ0) is 15.9. The summed E-state index contributed by atoms with van der Waals surface area (Å²) in [5.41, 5.74) is 0.891. The molecule has 1 aliphatic heterocycles. The maximum absolute atomic E-state index is 12.5. The molecule has 0 unspecified atom stereocenters. The number of hydrogen-bond donors (Lipinski definition) is 1. The second kappa shape index (κ2) is 5.36. The molecule has 0 bridgehead atoms. The summed E-state index contributed by atoms with van der Waals surface area (Å²) in [6.45, 7) is 5.89. The highest BCUT2D eigenvalue weighted by Gasteiger charge is 2.39. The second-order valence-electron chi connectivity index (χ2n) is 5.59. The first-order valence-corrected chi connectivity index (χ1v) is 7.43. The van der Waals surface area contributed by atoms with Crippen LogP contribution in [0.15, 0.2) is 24.3 Å². The van der Waals surface area contributed by atoms with Crippen LogP contribution in [0.1, 0.15) is 71.5 Å². The normalized spacial score (nSPS) is 16.8. The lowest BCUT2D eigenvalue weighted by Gasteiger charge is -2.20. The highest BCUT2D eigenvalue weighted by atomic mass is 16.2. The predicted octanol–water partition coefficient (Wildman–Crippen LogP) is 2.68. The number of hydrogen-bond acceptors (Lipinski definition) is 4. The van der Waals surface area contributed by atoms with Crippen LogP contribution in [-0.2, 0) is 0 Å². The van der Waals surface area contributed by atoms with Gasteiger partial charge in [0.15, 0.2) is 5.82 Å². The molecular weight excluding hydrogens is 280 g/mol. The lowest BCUT2D eigenvalue weighted by atomic mass is 10.1. The summed E-state index contributed by atoms with van der Waals surface area (Å²) in [4.78, 5) is 30.6. The van der Waals surface area contributed by atoms with Gasteiger partial charge in [0.1, 0.15) is 5.82 Å². The van der Waals surface area contributed by atoms with E-state index in [1.807, 2.05) is 6.92 Å². The number of imide groups is 1. The molecule has 22 heavy (non-hydrogen) atoms. The molecule has 0 fully saturated rings. The lowest BCUT2D eigenvalue weighted by molar-refractivity contribution is 0.0589. The highest BCUT2D eigenvalue weighted by Crippen LogP contribution is 2.30. The molecule has 0 saturated heterocycles. The van der Waals surface area contributed by atoms with Crippen molar-refractivity contribution in [3.63, 3.8) is 0 Å². The molecule has 3 rings (SSSR count). The minimum absolute atomic E-state index is 0.236. The third kappa shape index (κ3) is 2.11. The molecule has 0 aliphatic carbocycles. The van der Waals surface area contributed by atoms with Gasteiger partial charge in [-0.2, -0.15) is 5.10 Å². The van der Waals surface area contributed by atoms with Gasteiger partial charge in [-0.3, -0.25) is 19.6 Å². The van der Waals surface area contributed by atoms with Crippen LogP contribution < -0.4 is 0 Å². The minimum atomic E-state index is -0.474. The summed E-state index contributed by atoms with van der Waals surface area (Å²) < 4.78 is 0. The van der Waals surface area contributed by atoms with E-state index < -0.39 is 6.04 Å². The zero-order valence-corrected chi connectivity index (χ0v) is 12.8. The van der Waals surface area contributed by atoms with E-state index in [2.05, 4.69) is 22.1 Å². The van der Waals surface area contributed by atoms with Crippen molar-refractivity contribution in [2.24, 2.45) is 0 Å². The molecule has 2 aromatic rings. The van der Waals surface area contributed by atoms with Gasteiger partial charge in [-0.15, -0.1) is 0 Å². The number of H-pyrrole nitrogens is 1. The number of rotatable bonds is 4. The standard InChI is InChI=1S/C16H18N4O2/c1-4-9(2)13-17-14(19-18-13)10(3)20-15(21)11-7-5-6-8-12(11)16(20)22/h5-10H,4H2,1-3H3,(H,17,18,19)/t9-,10-/m0/s1. The van der Waals surface area contributed by atoms with Crippen LogP contribution in [0, 0.1) is 0 Å². The highest BCUT2D eigenvalue weighted by molar-refractivity contribution is 6.21. The van der Waals surface area contributed by atoms with Gasteiger partial charge in [0.2, 0.25) is 0 Å². The summed E-state index contributed by atoms with van der Waals surface area (Å²) in [5, 5.41) is 7.05. The molecule has 2 heterocycles. The number of fused-ring (bicyclic) bond motifs is 1. The topological polar surface area (TPSA) is 79.0 Å². The smallest absolute Gasteiger partial charge is 0.262 e. The summed E-state index contributed by atoms with van der Waals surface area (Å²) in [5.74, 6) is 0.911. The number of nitrogens with one attached hydrogen (secondary N) is 1. The molecule has 6 nitrogen and oxygen atoms in total. The fraction of sp³-hybridized carbons (Fsp3) is 0.375. The molecule has 1 aromatic heterocycles. The van der Waals surface area contributed by atoms with Gasteiger partial charge in [0.05, 0.1) is 17.2 Å².